The van der Waals surface area contributed by atoms with Gasteiger partial charge in [0.15, 0.2) is 5.65 Å². The van der Waals surface area contributed by atoms with Gasteiger partial charge < -0.3 is 10.3 Å². The zero-order valence-corrected chi connectivity index (χ0v) is 21.9. The average Bonchev–Trinajstić information content (AvgIpc) is 3.48. The van der Waals surface area contributed by atoms with E-state index in [2.05, 4.69) is 108 Å². The minimum absolute atomic E-state index is 0.561. The van der Waals surface area contributed by atoms with Gasteiger partial charge in [-0.15, -0.1) is 0 Å². The Morgan fingerprint density at radius 2 is 1.91 bits per heavy atom. The van der Waals surface area contributed by atoms with E-state index >= 15 is 0 Å². The number of fused-ring (bicyclic) bond motifs is 2. The van der Waals surface area contributed by atoms with Crippen LogP contribution < -0.4 is 5.32 Å². The second-order valence-electron chi connectivity index (χ2n) is 9.10. The Balaban J connectivity index is 1.33. The Morgan fingerprint density at radius 3 is 2.74 bits per heavy atom. The first-order valence-corrected chi connectivity index (χ1v) is 14.9. The van der Waals surface area contributed by atoms with Crippen molar-refractivity contribution < 1.29 is 0 Å². The van der Waals surface area contributed by atoms with Gasteiger partial charge in [-0.05, 0) is 53.3 Å². The van der Waals surface area contributed by atoms with Crippen LogP contribution in [0.5, 0.6) is 0 Å². The molecule has 0 saturated carbocycles. The molecule has 0 spiro atoms. The molecule has 0 aliphatic carbocycles. The number of benzene rings is 2. The van der Waals surface area contributed by atoms with E-state index in [4.69, 9.17) is 4.98 Å². The predicted octanol–water partition coefficient (Wildman–Crippen LogP) is 6.49. The number of rotatable bonds is 5. The summed E-state index contributed by atoms with van der Waals surface area (Å²) in [4.78, 5) is 10.7. The van der Waals surface area contributed by atoms with Gasteiger partial charge in [0.25, 0.3) is 0 Å². The molecule has 6 rings (SSSR count). The molecule has 0 radical (unpaired) electrons. The molecule has 2 N–H and O–H groups in total. The molecule has 34 heavy (non-hydrogen) atoms. The summed E-state index contributed by atoms with van der Waals surface area (Å²) in [5, 5.41) is 5.92. The Morgan fingerprint density at radius 1 is 1.06 bits per heavy atom. The summed E-state index contributed by atoms with van der Waals surface area (Å²) in [6.07, 6.45) is 6.19. The topological polar surface area (TPSA) is 48.9 Å². The van der Waals surface area contributed by atoms with Crippen molar-refractivity contribution in [3.8, 4) is 22.3 Å². The van der Waals surface area contributed by atoms with E-state index in [0.29, 0.717) is 6.04 Å². The lowest BCUT2D eigenvalue weighted by molar-refractivity contribution is 0.199. The standard InChI is InChI=1S/C27H26IN5S/c1-18-15-32(11-10-29-18)16-19-2-4-20(5-3-19)23-13-24-25(17-33(34-28)27(24)31-14-23)21-6-7-26-22(12-21)8-9-30-26/h2-9,12-14,17-18,29-30H,10-11,15-16H2,1H3. The van der Waals surface area contributed by atoms with E-state index < -0.39 is 0 Å². The summed E-state index contributed by atoms with van der Waals surface area (Å²) in [5.41, 5.74) is 8.28. The van der Waals surface area contributed by atoms with Crippen LogP contribution in [0.1, 0.15) is 12.5 Å². The normalized spacial score (nSPS) is 17.1. The fourth-order valence-electron chi connectivity index (χ4n) is 4.96. The minimum Gasteiger partial charge on any atom is -0.361 e. The largest absolute Gasteiger partial charge is 0.361 e. The molecule has 4 heterocycles. The highest BCUT2D eigenvalue weighted by atomic mass is 127. The van der Waals surface area contributed by atoms with E-state index in [-0.39, 0.29) is 0 Å². The van der Waals surface area contributed by atoms with Crippen LogP contribution in [0.2, 0.25) is 0 Å². The van der Waals surface area contributed by atoms with Gasteiger partial charge in [-0.2, -0.15) is 0 Å². The van der Waals surface area contributed by atoms with Crippen molar-refractivity contribution in [2.75, 3.05) is 19.6 Å². The highest BCUT2D eigenvalue weighted by Gasteiger charge is 2.16. The average molecular weight is 580 g/mol. The van der Waals surface area contributed by atoms with Crippen molar-refractivity contribution >= 4 is 52.3 Å². The van der Waals surface area contributed by atoms with Gasteiger partial charge in [0.05, 0.1) is 0 Å². The van der Waals surface area contributed by atoms with E-state index in [1.54, 1.807) is 9.12 Å². The number of hydrogen-bond donors (Lipinski definition) is 2. The first-order valence-electron chi connectivity index (χ1n) is 11.6. The maximum atomic E-state index is 4.87. The Bertz CT molecular complexity index is 1460. The summed E-state index contributed by atoms with van der Waals surface area (Å²) in [6, 6.07) is 20.6. The van der Waals surface area contributed by atoms with E-state index in [0.717, 1.165) is 42.9 Å². The smallest absolute Gasteiger partial charge is 0.151 e. The van der Waals surface area contributed by atoms with Gasteiger partial charge in [0.1, 0.15) is 0 Å². The molecule has 0 bridgehead atoms. The molecular weight excluding hydrogens is 553 g/mol. The molecule has 1 saturated heterocycles. The quantitative estimate of drug-likeness (QED) is 0.234. The molecule has 7 heteroatoms. The van der Waals surface area contributed by atoms with Crippen LogP contribution in [0.15, 0.2) is 73.2 Å². The number of hydrogen-bond acceptors (Lipinski definition) is 4. The fraction of sp³-hybridized carbons (Fsp3) is 0.222. The molecule has 1 aliphatic heterocycles. The first kappa shape index (κ1) is 22.2. The second-order valence-corrected chi connectivity index (χ2v) is 10.8. The van der Waals surface area contributed by atoms with Crippen LogP contribution in [0.3, 0.4) is 0 Å². The maximum Gasteiger partial charge on any atom is 0.151 e. The fourth-order valence-corrected chi connectivity index (χ4v) is 6.21. The Labute approximate surface area is 215 Å². The zero-order chi connectivity index (χ0) is 23.1. The molecule has 5 aromatic rings. The highest BCUT2D eigenvalue weighted by Crippen LogP contribution is 2.36. The lowest BCUT2D eigenvalue weighted by atomic mass is 10.0. The lowest BCUT2D eigenvalue weighted by Crippen LogP contribution is -2.48. The number of H-pyrrole nitrogens is 1. The van der Waals surface area contributed by atoms with Crippen molar-refractivity contribution in [1.82, 2.24) is 24.2 Å². The summed E-state index contributed by atoms with van der Waals surface area (Å²) < 4.78 is 2.15. The van der Waals surface area contributed by atoms with Gasteiger partial charge in [-0.1, -0.05) is 30.3 Å². The molecule has 1 unspecified atom stereocenters. The van der Waals surface area contributed by atoms with Crippen molar-refractivity contribution in [2.24, 2.45) is 0 Å². The molecule has 172 valence electrons. The number of pyridine rings is 1. The van der Waals surface area contributed by atoms with Crippen molar-refractivity contribution in [3.05, 3.63) is 78.8 Å². The molecule has 3 aromatic heterocycles. The number of nitrogens with one attached hydrogen (secondary N) is 2. The molecule has 1 atom stereocenters. The maximum absolute atomic E-state index is 4.87. The number of nitrogens with zero attached hydrogens (tertiary/aromatic N) is 3. The molecule has 0 amide bonds. The van der Waals surface area contributed by atoms with Crippen LogP contribution in [-0.4, -0.2) is 44.5 Å². The van der Waals surface area contributed by atoms with Crippen LogP contribution >= 0.6 is 30.3 Å². The monoisotopic (exact) mass is 579 g/mol. The first-order chi connectivity index (χ1) is 16.7. The summed E-state index contributed by atoms with van der Waals surface area (Å²) in [5.74, 6) is 0. The third-order valence-electron chi connectivity index (χ3n) is 6.70. The Kier molecular flexibility index (Phi) is 6.11. The highest BCUT2D eigenvalue weighted by molar-refractivity contribution is 14.2. The molecule has 2 aromatic carbocycles. The lowest BCUT2D eigenvalue weighted by Gasteiger charge is -2.31. The third-order valence-corrected chi connectivity index (χ3v) is 8.40. The van der Waals surface area contributed by atoms with E-state index in [9.17, 15) is 0 Å². The minimum atomic E-state index is 0.561. The summed E-state index contributed by atoms with van der Waals surface area (Å²) in [6.45, 7) is 6.54. The SMILES string of the molecule is CC1CN(Cc2ccc(-c3cnc4c(c3)c(-c3ccc5[nH]ccc5c3)cn4SI)cc2)CCN1. The van der Waals surface area contributed by atoms with Crippen LogP contribution in [0, 0.1) is 0 Å². The number of aromatic nitrogens is 3. The van der Waals surface area contributed by atoms with Crippen molar-refractivity contribution in [2.45, 2.75) is 19.5 Å². The number of aromatic amines is 1. The van der Waals surface area contributed by atoms with Gasteiger partial charge in [-0.3, -0.25) is 8.87 Å². The summed E-state index contributed by atoms with van der Waals surface area (Å²) in [7, 11) is 1.65. The molecular formula is C27H26IN5S. The number of halogens is 1. The van der Waals surface area contributed by atoms with Crippen LogP contribution in [0.25, 0.3) is 44.2 Å². The van der Waals surface area contributed by atoms with Crippen molar-refractivity contribution in [1.29, 1.82) is 0 Å². The van der Waals surface area contributed by atoms with E-state index in [1.807, 2.05) is 12.4 Å². The van der Waals surface area contributed by atoms with Gasteiger partial charge >= 0.3 is 0 Å². The predicted molar refractivity (Wildman–Crippen MR) is 152 cm³/mol. The van der Waals surface area contributed by atoms with Gasteiger partial charge in [0, 0.05) is 103 Å². The van der Waals surface area contributed by atoms with Gasteiger partial charge in [0.2, 0.25) is 0 Å². The van der Waals surface area contributed by atoms with Gasteiger partial charge in [-0.25, -0.2) is 4.98 Å². The molecule has 5 nitrogen and oxygen atoms in total. The van der Waals surface area contributed by atoms with Crippen LogP contribution in [-0.2, 0) is 6.54 Å². The molecule has 1 aliphatic rings. The number of piperazine rings is 1. The van der Waals surface area contributed by atoms with Crippen LogP contribution in [0.4, 0.5) is 0 Å². The van der Waals surface area contributed by atoms with E-state index in [1.165, 1.54) is 33.0 Å². The third kappa shape index (κ3) is 4.26. The molecule has 1 fully saturated rings. The summed E-state index contributed by atoms with van der Waals surface area (Å²) >= 11 is 2.32. The van der Waals surface area contributed by atoms with Crippen molar-refractivity contribution in [3.63, 3.8) is 0 Å². The Hall–Kier alpha value is -2.33. The zero-order valence-electron chi connectivity index (χ0n) is 19.0. The second kappa shape index (κ2) is 9.37.